The number of carbonyl (C=O) groups excluding carboxylic acids is 1. The Morgan fingerprint density at radius 2 is 2.07 bits per heavy atom. The Hall–Kier alpha value is -0.610. The monoisotopic (exact) mass is 215 g/mol. The van der Waals surface area contributed by atoms with Crippen LogP contribution in [0.3, 0.4) is 0 Å². The van der Waals surface area contributed by atoms with Crippen molar-refractivity contribution in [2.24, 2.45) is 5.73 Å². The lowest BCUT2D eigenvalue weighted by molar-refractivity contribution is -0.122. The summed E-state index contributed by atoms with van der Waals surface area (Å²) < 4.78 is 0. The first kappa shape index (κ1) is 14.4. The van der Waals surface area contributed by atoms with Crippen molar-refractivity contribution in [1.29, 1.82) is 0 Å². The van der Waals surface area contributed by atoms with E-state index < -0.39 is 0 Å². The van der Waals surface area contributed by atoms with Crippen molar-refractivity contribution in [3.63, 3.8) is 0 Å². The van der Waals surface area contributed by atoms with Crippen LogP contribution in [0.2, 0.25) is 0 Å². The second-order valence-corrected chi connectivity index (χ2v) is 4.20. The van der Waals surface area contributed by atoms with E-state index in [0.717, 1.165) is 13.0 Å². The molecular formula is C11H25N3O. The van der Waals surface area contributed by atoms with E-state index in [4.69, 9.17) is 5.73 Å². The smallest absolute Gasteiger partial charge is 0.221 e. The number of rotatable bonds is 7. The van der Waals surface area contributed by atoms with Gasteiger partial charge in [-0.25, -0.2) is 0 Å². The molecule has 0 aliphatic carbocycles. The summed E-state index contributed by atoms with van der Waals surface area (Å²) in [5.41, 5.74) is 5.67. The summed E-state index contributed by atoms with van der Waals surface area (Å²) in [6.45, 7) is 7.52. The number of hydrogen-bond donors (Lipinski definition) is 2. The molecule has 1 amide bonds. The second-order valence-electron chi connectivity index (χ2n) is 4.20. The van der Waals surface area contributed by atoms with Gasteiger partial charge < -0.3 is 11.1 Å². The summed E-state index contributed by atoms with van der Waals surface area (Å²) in [4.78, 5) is 13.6. The van der Waals surface area contributed by atoms with Crippen LogP contribution in [-0.2, 0) is 4.79 Å². The third kappa shape index (κ3) is 5.74. The fraction of sp³-hybridized carbons (Fsp3) is 0.909. The fourth-order valence-corrected chi connectivity index (χ4v) is 1.37. The number of nitrogens with two attached hydrogens (primary N) is 1. The summed E-state index contributed by atoms with van der Waals surface area (Å²) in [5, 5.41) is 2.87. The normalized spacial score (nSPS) is 13.3. The number of carbonyl (C=O) groups is 1. The highest BCUT2D eigenvalue weighted by Crippen LogP contribution is 2.05. The molecule has 0 fully saturated rings. The van der Waals surface area contributed by atoms with E-state index in [1.165, 1.54) is 0 Å². The summed E-state index contributed by atoms with van der Waals surface area (Å²) in [7, 11) is 2.01. The van der Waals surface area contributed by atoms with Crippen molar-refractivity contribution < 1.29 is 4.79 Å². The van der Waals surface area contributed by atoms with Gasteiger partial charge in [0.25, 0.3) is 0 Å². The molecule has 15 heavy (non-hydrogen) atoms. The molecule has 0 heterocycles. The number of likely N-dealkylation sites (N-methyl/N-ethyl adjacent to an activating group) is 1. The van der Waals surface area contributed by atoms with Gasteiger partial charge in [-0.2, -0.15) is 0 Å². The van der Waals surface area contributed by atoms with Crippen LogP contribution in [0, 0.1) is 0 Å². The minimum atomic E-state index is 0.0970. The third-order valence-electron chi connectivity index (χ3n) is 2.66. The molecule has 0 spiro atoms. The molecule has 90 valence electrons. The molecule has 0 rings (SSSR count). The molecule has 4 nitrogen and oxygen atoms in total. The zero-order valence-corrected chi connectivity index (χ0v) is 10.4. The topological polar surface area (TPSA) is 58.4 Å². The van der Waals surface area contributed by atoms with Crippen LogP contribution in [0.4, 0.5) is 0 Å². The van der Waals surface area contributed by atoms with Gasteiger partial charge in [-0.3, -0.25) is 9.69 Å². The van der Waals surface area contributed by atoms with Crippen molar-refractivity contribution in [2.75, 3.05) is 20.1 Å². The van der Waals surface area contributed by atoms with Crippen LogP contribution < -0.4 is 11.1 Å². The van der Waals surface area contributed by atoms with Gasteiger partial charge in [0.15, 0.2) is 0 Å². The summed E-state index contributed by atoms with van der Waals surface area (Å²) in [6.07, 6.45) is 1.46. The first-order valence-corrected chi connectivity index (χ1v) is 5.71. The van der Waals surface area contributed by atoms with Crippen LogP contribution in [0.5, 0.6) is 0 Å². The number of amides is 1. The van der Waals surface area contributed by atoms with Crippen LogP contribution >= 0.6 is 0 Å². The number of nitrogens with zero attached hydrogens (tertiary/aromatic N) is 1. The van der Waals surface area contributed by atoms with Crippen molar-refractivity contribution >= 4 is 5.91 Å². The standard InChI is InChI=1S/C11H25N3O/c1-5-6-13-11(15)7-10(8-12)14(4)9(2)3/h9-10H,5-8,12H2,1-4H3,(H,13,15). The largest absolute Gasteiger partial charge is 0.356 e. The van der Waals surface area contributed by atoms with E-state index in [0.29, 0.717) is 19.0 Å². The summed E-state index contributed by atoms with van der Waals surface area (Å²) >= 11 is 0. The van der Waals surface area contributed by atoms with Gasteiger partial charge in [0.05, 0.1) is 0 Å². The molecule has 0 aromatic carbocycles. The third-order valence-corrected chi connectivity index (χ3v) is 2.66. The number of nitrogens with one attached hydrogen (secondary N) is 1. The van der Waals surface area contributed by atoms with E-state index in [9.17, 15) is 4.79 Å². The molecule has 0 saturated heterocycles. The van der Waals surface area contributed by atoms with Gasteiger partial charge in [-0.15, -0.1) is 0 Å². The molecule has 0 aliphatic rings. The molecule has 0 radical (unpaired) electrons. The summed E-state index contributed by atoms with van der Waals surface area (Å²) in [6, 6.07) is 0.555. The Bertz CT molecular complexity index is 183. The van der Waals surface area contributed by atoms with Gasteiger partial charge >= 0.3 is 0 Å². The predicted octanol–water partition coefficient (Wildman–Crippen LogP) is 0.570. The first-order valence-electron chi connectivity index (χ1n) is 5.71. The van der Waals surface area contributed by atoms with Gasteiger partial charge in [-0.05, 0) is 27.3 Å². The Morgan fingerprint density at radius 1 is 1.47 bits per heavy atom. The molecule has 4 heteroatoms. The predicted molar refractivity (Wildman–Crippen MR) is 63.7 cm³/mol. The average Bonchev–Trinajstić information content (AvgIpc) is 2.21. The van der Waals surface area contributed by atoms with Crippen LogP contribution in [-0.4, -0.2) is 43.0 Å². The van der Waals surface area contributed by atoms with Crippen LogP contribution in [0.25, 0.3) is 0 Å². The summed E-state index contributed by atoms with van der Waals surface area (Å²) in [5.74, 6) is 0.0970. The van der Waals surface area contributed by atoms with Crippen LogP contribution in [0.15, 0.2) is 0 Å². The number of hydrogen-bond acceptors (Lipinski definition) is 3. The molecular weight excluding hydrogens is 190 g/mol. The molecule has 1 atom stereocenters. The maximum Gasteiger partial charge on any atom is 0.221 e. The Labute approximate surface area is 93.2 Å². The SMILES string of the molecule is CCCNC(=O)CC(CN)N(C)C(C)C. The van der Waals surface area contributed by atoms with Gasteiger partial charge in [-0.1, -0.05) is 6.92 Å². The molecule has 0 bridgehead atoms. The van der Waals surface area contributed by atoms with Crippen molar-refractivity contribution in [3.05, 3.63) is 0 Å². The Morgan fingerprint density at radius 3 is 2.47 bits per heavy atom. The minimum Gasteiger partial charge on any atom is -0.356 e. The average molecular weight is 215 g/mol. The quantitative estimate of drug-likeness (QED) is 0.653. The molecule has 0 aromatic rings. The first-order chi connectivity index (χ1) is 7.02. The van der Waals surface area contributed by atoms with Crippen molar-refractivity contribution in [3.8, 4) is 0 Å². The highest BCUT2D eigenvalue weighted by Gasteiger charge is 2.18. The van der Waals surface area contributed by atoms with Crippen molar-refractivity contribution in [1.82, 2.24) is 10.2 Å². The molecule has 3 N–H and O–H groups in total. The van der Waals surface area contributed by atoms with E-state index in [2.05, 4.69) is 24.1 Å². The van der Waals surface area contributed by atoms with E-state index in [1.807, 2.05) is 14.0 Å². The lowest BCUT2D eigenvalue weighted by atomic mass is 10.1. The lowest BCUT2D eigenvalue weighted by Gasteiger charge is -2.29. The fourth-order valence-electron chi connectivity index (χ4n) is 1.37. The van der Waals surface area contributed by atoms with Crippen molar-refractivity contribution in [2.45, 2.75) is 45.7 Å². The highest BCUT2D eigenvalue weighted by molar-refractivity contribution is 5.76. The Balaban J connectivity index is 4.03. The molecule has 0 aromatic heterocycles. The lowest BCUT2D eigenvalue weighted by Crippen LogP contribution is -2.45. The second kappa shape index (κ2) is 7.65. The zero-order valence-electron chi connectivity index (χ0n) is 10.4. The van der Waals surface area contributed by atoms with E-state index in [-0.39, 0.29) is 11.9 Å². The zero-order chi connectivity index (χ0) is 11.8. The maximum atomic E-state index is 11.5. The minimum absolute atomic E-state index is 0.0970. The van der Waals surface area contributed by atoms with Gasteiger partial charge in [0.2, 0.25) is 5.91 Å². The van der Waals surface area contributed by atoms with E-state index in [1.54, 1.807) is 0 Å². The molecule has 1 unspecified atom stereocenters. The molecule has 0 saturated carbocycles. The van der Waals surface area contributed by atoms with E-state index >= 15 is 0 Å². The van der Waals surface area contributed by atoms with Gasteiger partial charge in [0.1, 0.15) is 0 Å². The maximum absolute atomic E-state index is 11.5. The Kier molecular flexibility index (Phi) is 7.34. The molecule has 0 aliphatic heterocycles. The van der Waals surface area contributed by atoms with Crippen LogP contribution in [0.1, 0.15) is 33.6 Å². The van der Waals surface area contributed by atoms with Gasteiger partial charge in [0, 0.05) is 31.6 Å². The highest BCUT2D eigenvalue weighted by atomic mass is 16.1.